The molecule has 2 aromatic rings. The molecule has 0 saturated carbocycles. The Morgan fingerprint density at radius 3 is 2.19 bits per heavy atom. The van der Waals surface area contributed by atoms with Gasteiger partial charge in [0.1, 0.15) is 17.7 Å². The third-order valence-corrected chi connectivity index (χ3v) is 9.40. The number of carbonyl (C=O) groups is 1. The van der Waals surface area contributed by atoms with E-state index in [9.17, 15) is 39.6 Å². The Bertz CT molecular complexity index is 1390. The van der Waals surface area contributed by atoms with Crippen molar-refractivity contribution in [2.75, 3.05) is 31.5 Å². The van der Waals surface area contributed by atoms with E-state index in [1.165, 1.54) is 9.21 Å². The summed E-state index contributed by atoms with van der Waals surface area (Å²) in [5, 5.41) is 5.77. The van der Waals surface area contributed by atoms with Gasteiger partial charge in [-0.3, -0.25) is 4.68 Å². The predicted molar refractivity (Wildman–Crippen MR) is 142 cm³/mol. The first-order valence-electron chi connectivity index (χ1n) is 13.6. The number of halogens is 6. The van der Waals surface area contributed by atoms with Crippen molar-refractivity contribution in [3.05, 3.63) is 24.2 Å². The van der Waals surface area contributed by atoms with Gasteiger partial charge >= 0.3 is 18.4 Å². The Morgan fingerprint density at radius 2 is 1.63 bits per heavy atom. The van der Waals surface area contributed by atoms with Gasteiger partial charge in [0.05, 0.1) is 17.1 Å². The van der Waals surface area contributed by atoms with E-state index in [4.69, 9.17) is 4.74 Å². The summed E-state index contributed by atoms with van der Waals surface area (Å²) in [6.07, 6.45) is -6.56. The van der Waals surface area contributed by atoms with Crippen molar-refractivity contribution >= 4 is 22.1 Å². The first-order valence-corrected chi connectivity index (χ1v) is 15.1. The summed E-state index contributed by atoms with van der Waals surface area (Å²) in [5.74, 6) is -0.178. The van der Waals surface area contributed by atoms with E-state index in [0.717, 1.165) is 12.4 Å². The third kappa shape index (κ3) is 8.49. The summed E-state index contributed by atoms with van der Waals surface area (Å²) in [4.78, 5) is 21.5. The van der Waals surface area contributed by atoms with Crippen LogP contribution in [0.3, 0.4) is 0 Å². The highest BCUT2D eigenvalue weighted by molar-refractivity contribution is 7.89. The Hall–Kier alpha value is -3.15. The van der Waals surface area contributed by atoms with Crippen LogP contribution in [0.2, 0.25) is 0 Å². The molecule has 2 aromatic heterocycles. The third-order valence-electron chi connectivity index (χ3n) is 7.00. The molecule has 0 bridgehead atoms. The molecule has 2 fully saturated rings. The first kappa shape index (κ1) is 32.8. The zero-order chi connectivity index (χ0) is 31.8. The number of amides is 1. The molecule has 4 heterocycles. The predicted octanol–water partition coefficient (Wildman–Crippen LogP) is 4.53. The van der Waals surface area contributed by atoms with Gasteiger partial charge in [0, 0.05) is 50.2 Å². The number of hydrogen-bond donors (Lipinski definition) is 1. The average molecular weight is 642 g/mol. The highest BCUT2D eigenvalue weighted by Gasteiger charge is 2.39. The second-order valence-electron chi connectivity index (χ2n) is 11.5. The Kier molecular flexibility index (Phi) is 9.21. The molecule has 2 saturated heterocycles. The molecule has 0 unspecified atom stereocenters. The number of piperidine rings is 2. The molecule has 43 heavy (non-hydrogen) atoms. The van der Waals surface area contributed by atoms with Crippen LogP contribution >= 0.6 is 0 Å². The molecule has 2 aliphatic heterocycles. The van der Waals surface area contributed by atoms with Crippen molar-refractivity contribution in [2.24, 2.45) is 0 Å². The van der Waals surface area contributed by atoms with Crippen molar-refractivity contribution < 1.29 is 44.3 Å². The molecule has 240 valence electrons. The maximum atomic E-state index is 13.6. The lowest BCUT2D eigenvalue weighted by Crippen LogP contribution is -2.50. The molecule has 2 aliphatic rings. The lowest BCUT2D eigenvalue weighted by molar-refractivity contribution is -0.142. The van der Waals surface area contributed by atoms with Crippen LogP contribution < -0.4 is 5.32 Å². The van der Waals surface area contributed by atoms with E-state index in [0.29, 0.717) is 23.7 Å². The summed E-state index contributed by atoms with van der Waals surface area (Å²) in [6.45, 7) is 4.59. The van der Waals surface area contributed by atoms with E-state index in [-0.39, 0.29) is 56.6 Å². The smallest absolute Gasteiger partial charge is 0.419 e. The van der Waals surface area contributed by atoms with Crippen molar-refractivity contribution in [1.82, 2.24) is 29.0 Å². The van der Waals surface area contributed by atoms with Gasteiger partial charge < -0.3 is 15.0 Å². The number of aromatic nitrogens is 4. The normalized spacial score (nSPS) is 18.6. The van der Waals surface area contributed by atoms with Crippen LogP contribution in [0.1, 0.15) is 52.0 Å². The number of alkyl halides is 6. The van der Waals surface area contributed by atoms with Gasteiger partial charge in [0.15, 0.2) is 0 Å². The summed E-state index contributed by atoms with van der Waals surface area (Å²) >= 11 is 0. The van der Waals surface area contributed by atoms with Crippen molar-refractivity contribution in [2.45, 2.75) is 82.2 Å². The van der Waals surface area contributed by atoms with E-state index in [2.05, 4.69) is 20.4 Å². The first-order chi connectivity index (χ1) is 19.8. The summed E-state index contributed by atoms with van der Waals surface area (Å²) < 4.78 is 113. The minimum atomic E-state index is -4.87. The van der Waals surface area contributed by atoms with Gasteiger partial charge in [0.25, 0.3) is 0 Å². The number of anilines is 1. The highest BCUT2D eigenvalue weighted by atomic mass is 32.2. The fourth-order valence-electron chi connectivity index (χ4n) is 4.95. The maximum Gasteiger partial charge on any atom is 0.419 e. The zero-order valence-electron chi connectivity index (χ0n) is 23.7. The molecule has 0 aromatic carbocycles. The fraction of sp³-hybridized carbons (Fsp3) is 0.680. The summed E-state index contributed by atoms with van der Waals surface area (Å²) in [7, 11) is -3.66. The molecule has 1 amide bonds. The fourth-order valence-corrected chi connectivity index (χ4v) is 6.89. The molecule has 0 atom stereocenters. The second kappa shape index (κ2) is 12.1. The van der Waals surface area contributed by atoms with Crippen LogP contribution in [-0.4, -0.2) is 92.7 Å². The molecular formula is C25H33F6N7O4S. The van der Waals surface area contributed by atoms with Crippen LogP contribution in [-0.2, 0) is 27.5 Å². The zero-order valence-corrected chi connectivity index (χ0v) is 24.6. The van der Waals surface area contributed by atoms with Crippen LogP contribution in [0.4, 0.5) is 37.1 Å². The Morgan fingerprint density at radius 1 is 1.00 bits per heavy atom. The number of nitrogens with one attached hydrogen (secondary N) is 1. The van der Waals surface area contributed by atoms with Gasteiger partial charge in [-0.15, -0.1) is 0 Å². The molecule has 0 spiro atoms. The average Bonchev–Trinajstić information content (AvgIpc) is 3.34. The Balaban J connectivity index is 1.38. The number of rotatable bonds is 6. The lowest BCUT2D eigenvalue weighted by atomic mass is 10.1. The number of hydrogen-bond acceptors (Lipinski definition) is 8. The number of sulfonamides is 1. The number of ether oxygens (including phenoxy) is 1. The van der Waals surface area contributed by atoms with E-state index < -0.39 is 57.1 Å². The molecular weight excluding hydrogens is 608 g/mol. The standard InChI is InChI=1S/C25H33F6N7O4S/c1-23(2,3)42-22(39)36-8-6-18(7-9-36)43(40,41)38-10-4-17(5-11-38)34-21-32-13-19(25(29,30)31)20(35-21)16-12-33-37(14-16)15-24(26,27)28/h12-14,17-18H,4-11,15H2,1-3H3,(H,32,34,35). The number of likely N-dealkylation sites (tertiary alicyclic amines) is 1. The van der Waals surface area contributed by atoms with E-state index in [1.54, 1.807) is 20.8 Å². The Labute approximate surface area is 244 Å². The maximum absolute atomic E-state index is 13.6. The van der Waals surface area contributed by atoms with E-state index in [1.807, 2.05) is 0 Å². The van der Waals surface area contributed by atoms with Crippen LogP contribution in [0.25, 0.3) is 11.3 Å². The minimum absolute atomic E-state index is 0.157. The number of nitrogens with zero attached hydrogens (tertiary/aromatic N) is 6. The quantitative estimate of drug-likeness (QED) is 0.457. The van der Waals surface area contributed by atoms with Gasteiger partial charge in [0.2, 0.25) is 16.0 Å². The van der Waals surface area contributed by atoms with Gasteiger partial charge in [-0.1, -0.05) is 0 Å². The van der Waals surface area contributed by atoms with Crippen LogP contribution in [0.15, 0.2) is 18.6 Å². The molecule has 1 N–H and O–H groups in total. The second-order valence-corrected chi connectivity index (χ2v) is 13.7. The van der Waals surface area contributed by atoms with Gasteiger partial charge in [-0.25, -0.2) is 27.5 Å². The SMILES string of the molecule is CC(C)(C)OC(=O)N1CCC(S(=O)(=O)N2CCC(Nc3ncc(C(F)(F)F)c(-c4cnn(CC(F)(F)F)c4)n3)CC2)CC1. The van der Waals surface area contributed by atoms with Crippen molar-refractivity contribution in [1.29, 1.82) is 0 Å². The van der Waals surface area contributed by atoms with Crippen molar-refractivity contribution in [3.63, 3.8) is 0 Å². The summed E-state index contributed by atoms with van der Waals surface area (Å²) in [6, 6.07) is -0.363. The van der Waals surface area contributed by atoms with Gasteiger partial charge in [-0.05, 0) is 46.5 Å². The highest BCUT2D eigenvalue weighted by Crippen LogP contribution is 2.36. The lowest BCUT2D eigenvalue weighted by Gasteiger charge is -2.37. The minimum Gasteiger partial charge on any atom is -0.444 e. The largest absolute Gasteiger partial charge is 0.444 e. The molecule has 4 rings (SSSR count). The van der Waals surface area contributed by atoms with Crippen molar-refractivity contribution in [3.8, 4) is 11.3 Å². The molecule has 18 heteroatoms. The molecule has 0 aliphatic carbocycles. The number of carbonyl (C=O) groups excluding carboxylic acids is 1. The van der Waals surface area contributed by atoms with Crippen LogP contribution in [0.5, 0.6) is 0 Å². The topological polar surface area (TPSA) is 123 Å². The molecule has 11 nitrogen and oxygen atoms in total. The molecule has 0 radical (unpaired) electrons. The van der Waals surface area contributed by atoms with Gasteiger partial charge in [-0.2, -0.15) is 31.4 Å². The summed E-state index contributed by atoms with van der Waals surface area (Å²) in [5.41, 5.74) is -2.79. The van der Waals surface area contributed by atoms with E-state index >= 15 is 0 Å². The monoisotopic (exact) mass is 641 g/mol. The van der Waals surface area contributed by atoms with Crippen LogP contribution in [0, 0.1) is 0 Å².